The van der Waals surface area contributed by atoms with E-state index in [0.717, 1.165) is 5.56 Å². The molecular weight excluding hydrogens is 342 g/mol. The van der Waals surface area contributed by atoms with Gasteiger partial charge in [-0.3, -0.25) is 0 Å². The van der Waals surface area contributed by atoms with Crippen LogP contribution in [0.15, 0.2) is 54.9 Å². The molecule has 2 aromatic rings. The van der Waals surface area contributed by atoms with Crippen molar-refractivity contribution in [3.63, 3.8) is 0 Å². The van der Waals surface area contributed by atoms with Gasteiger partial charge in [0.25, 0.3) is 6.04 Å². The van der Waals surface area contributed by atoms with Crippen LogP contribution in [0.25, 0.3) is 0 Å². The first-order valence-electron chi connectivity index (χ1n) is 5.99. The molecule has 20 heavy (non-hydrogen) atoms. The number of methoxy groups -OCH3 is 1. The van der Waals surface area contributed by atoms with Crippen molar-refractivity contribution in [1.82, 2.24) is 0 Å². The Hall–Kier alpha value is -1.39. The second-order valence-corrected chi connectivity index (χ2v) is 4.63. The number of nitrogens with zero attached hydrogens (tertiary/aromatic N) is 1. The van der Waals surface area contributed by atoms with Gasteiger partial charge in [-0.25, -0.2) is 4.79 Å². The number of halogens is 2. The maximum atomic E-state index is 11.9. The van der Waals surface area contributed by atoms with Gasteiger partial charge in [0.2, 0.25) is 0 Å². The highest BCUT2D eigenvalue weighted by Gasteiger charge is 2.28. The molecule has 0 aliphatic carbocycles. The Labute approximate surface area is 133 Å². The predicted octanol–water partition coefficient (Wildman–Crippen LogP) is -0.412. The molecule has 0 amide bonds. The number of benzene rings is 1. The summed E-state index contributed by atoms with van der Waals surface area (Å²) in [7, 11) is 1.40. The van der Waals surface area contributed by atoms with Gasteiger partial charge in [-0.15, -0.1) is 0 Å². The quantitative estimate of drug-likeness (QED) is 0.551. The van der Waals surface area contributed by atoms with Crippen LogP contribution in [-0.2, 0) is 16.0 Å². The topological polar surface area (TPSA) is 30.2 Å². The lowest BCUT2D eigenvalue weighted by molar-refractivity contribution is -0.710. The number of carbonyl (C=O) groups excluding carboxylic acids is 1. The molecule has 0 saturated carbocycles. The lowest BCUT2D eigenvalue weighted by Gasteiger charge is -2.10. The number of rotatable bonds is 4. The molecule has 0 aliphatic rings. The van der Waals surface area contributed by atoms with Gasteiger partial charge in [0.15, 0.2) is 12.4 Å². The van der Waals surface area contributed by atoms with E-state index in [1.165, 1.54) is 7.11 Å². The molecule has 5 heteroatoms. The van der Waals surface area contributed by atoms with Gasteiger partial charge in [-0.1, -0.05) is 29.8 Å². The molecule has 1 atom stereocenters. The maximum Gasteiger partial charge on any atom is 0.375 e. The summed E-state index contributed by atoms with van der Waals surface area (Å²) in [5.41, 5.74) is 0.999. The number of hydrogen-bond acceptors (Lipinski definition) is 2. The van der Waals surface area contributed by atoms with Crippen molar-refractivity contribution in [3.8, 4) is 0 Å². The Kier molecular flexibility index (Phi) is 6.68. The Balaban J connectivity index is 0.00000200. The van der Waals surface area contributed by atoms with Crippen molar-refractivity contribution in [1.29, 1.82) is 0 Å². The molecule has 1 heterocycles. The lowest BCUT2D eigenvalue weighted by Crippen LogP contribution is -3.00. The van der Waals surface area contributed by atoms with Gasteiger partial charge in [0.1, 0.15) is 0 Å². The van der Waals surface area contributed by atoms with Gasteiger partial charge in [0.05, 0.1) is 7.11 Å². The molecule has 106 valence electrons. The molecule has 0 N–H and O–H groups in total. The smallest absolute Gasteiger partial charge is 0.375 e. The van der Waals surface area contributed by atoms with E-state index in [0.29, 0.717) is 11.4 Å². The first kappa shape index (κ1) is 16.7. The van der Waals surface area contributed by atoms with E-state index in [1.807, 2.05) is 59.4 Å². The molecule has 2 rings (SSSR count). The highest BCUT2D eigenvalue weighted by molar-refractivity contribution is 6.30. The van der Waals surface area contributed by atoms with E-state index >= 15 is 0 Å². The summed E-state index contributed by atoms with van der Waals surface area (Å²) in [6.07, 6.45) is 4.25. The summed E-state index contributed by atoms with van der Waals surface area (Å²) in [5, 5.41) is 0.666. The van der Waals surface area contributed by atoms with Crippen molar-refractivity contribution < 1.29 is 31.1 Å². The number of carbonyl (C=O) groups is 1. The van der Waals surface area contributed by atoms with Crippen LogP contribution in [0.1, 0.15) is 11.6 Å². The van der Waals surface area contributed by atoms with Crippen LogP contribution < -0.4 is 21.5 Å². The molecule has 0 fully saturated rings. The Morgan fingerprint density at radius 1 is 1.25 bits per heavy atom. The molecular formula is C15H15BrClNO2. The number of hydrogen-bond donors (Lipinski definition) is 0. The SMILES string of the molecule is COC(=O)C(Cc1cccc(Cl)c1)[n+]1ccccc1.[Br-]. The molecule has 0 spiro atoms. The average Bonchev–Trinajstić information content (AvgIpc) is 2.45. The fourth-order valence-corrected chi connectivity index (χ4v) is 2.17. The van der Waals surface area contributed by atoms with Gasteiger partial charge in [-0.2, -0.15) is 4.57 Å². The molecule has 0 aliphatic heterocycles. The van der Waals surface area contributed by atoms with Crippen LogP contribution in [-0.4, -0.2) is 13.1 Å². The summed E-state index contributed by atoms with van der Waals surface area (Å²) in [5.74, 6) is -0.267. The minimum Gasteiger partial charge on any atom is -1.00 e. The van der Waals surface area contributed by atoms with Crippen molar-refractivity contribution in [2.24, 2.45) is 0 Å². The third-order valence-electron chi connectivity index (χ3n) is 2.89. The van der Waals surface area contributed by atoms with Crippen molar-refractivity contribution in [2.45, 2.75) is 12.5 Å². The third-order valence-corrected chi connectivity index (χ3v) is 3.12. The predicted molar refractivity (Wildman–Crippen MR) is 72.8 cm³/mol. The van der Waals surface area contributed by atoms with E-state index < -0.39 is 0 Å². The van der Waals surface area contributed by atoms with E-state index in [4.69, 9.17) is 16.3 Å². The van der Waals surface area contributed by atoms with Crippen molar-refractivity contribution in [2.75, 3.05) is 7.11 Å². The molecule has 1 aromatic carbocycles. The Bertz CT molecular complexity index is 563. The number of esters is 1. The van der Waals surface area contributed by atoms with Crippen LogP contribution in [0, 0.1) is 0 Å². The number of ether oxygens (including phenoxy) is 1. The van der Waals surface area contributed by atoms with Gasteiger partial charge < -0.3 is 21.7 Å². The summed E-state index contributed by atoms with van der Waals surface area (Å²) in [4.78, 5) is 11.9. The standard InChI is InChI=1S/C15H15ClNO2.BrH/c1-19-15(18)14(17-8-3-2-4-9-17)11-12-6-5-7-13(16)10-12;/h2-10,14H,11H2,1H3;1H/q+1;/p-1. The van der Waals surface area contributed by atoms with Crippen LogP contribution in [0.3, 0.4) is 0 Å². The first-order chi connectivity index (χ1) is 9.20. The molecule has 0 radical (unpaired) electrons. The maximum absolute atomic E-state index is 11.9. The van der Waals surface area contributed by atoms with Crippen LogP contribution in [0.5, 0.6) is 0 Å². The Morgan fingerprint density at radius 2 is 1.95 bits per heavy atom. The zero-order valence-electron chi connectivity index (χ0n) is 11.0. The summed E-state index contributed by atoms with van der Waals surface area (Å²) < 4.78 is 6.72. The zero-order chi connectivity index (χ0) is 13.7. The fraction of sp³-hybridized carbons (Fsp3) is 0.200. The van der Waals surface area contributed by atoms with Gasteiger partial charge >= 0.3 is 5.97 Å². The fourth-order valence-electron chi connectivity index (χ4n) is 1.95. The minimum atomic E-state index is -0.385. The van der Waals surface area contributed by atoms with E-state index in [9.17, 15) is 4.79 Å². The molecule has 1 aromatic heterocycles. The summed E-state index contributed by atoms with van der Waals surface area (Å²) in [6.45, 7) is 0. The largest absolute Gasteiger partial charge is 1.00 e. The second kappa shape index (κ2) is 8.02. The monoisotopic (exact) mass is 355 g/mol. The first-order valence-corrected chi connectivity index (χ1v) is 6.36. The van der Waals surface area contributed by atoms with E-state index in [1.54, 1.807) is 0 Å². The summed E-state index contributed by atoms with van der Waals surface area (Å²) >= 11 is 5.96. The number of aromatic nitrogens is 1. The van der Waals surface area contributed by atoms with Crippen LogP contribution >= 0.6 is 11.6 Å². The molecule has 0 bridgehead atoms. The summed E-state index contributed by atoms with van der Waals surface area (Å²) in [6, 6.07) is 12.8. The van der Waals surface area contributed by atoms with E-state index in [-0.39, 0.29) is 29.0 Å². The normalized spacial score (nSPS) is 11.3. The lowest BCUT2D eigenvalue weighted by atomic mass is 10.1. The molecule has 3 nitrogen and oxygen atoms in total. The van der Waals surface area contributed by atoms with Gasteiger partial charge in [-0.05, 0) is 17.7 Å². The second-order valence-electron chi connectivity index (χ2n) is 4.20. The third kappa shape index (κ3) is 4.32. The van der Waals surface area contributed by atoms with Crippen LogP contribution in [0.2, 0.25) is 5.02 Å². The van der Waals surface area contributed by atoms with E-state index in [2.05, 4.69) is 0 Å². The highest BCUT2D eigenvalue weighted by Crippen LogP contribution is 2.15. The Morgan fingerprint density at radius 3 is 2.55 bits per heavy atom. The van der Waals surface area contributed by atoms with Crippen molar-refractivity contribution >= 4 is 17.6 Å². The van der Waals surface area contributed by atoms with Crippen molar-refractivity contribution in [3.05, 3.63) is 65.4 Å². The molecule has 0 saturated heterocycles. The molecule has 1 unspecified atom stereocenters. The zero-order valence-corrected chi connectivity index (χ0v) is 13.3. The number of pyridine rings is 1. The van der Waals surface area contributed by atoms with Crippen LogP contribution in [0.4, 0.5) is 0 Å². The highest BCUT2D eigenvalue weighted by atomic mass is 79.9. The minimum absolute atomic E-state index is 0. The van der Waals surface area contributed by atoms with Gasteiger partial charge in [0, 0.05) is 23.6 Å². The average molecular weight is 357 g/mol.